The fraction of sp³-hybridized carbons (Fsp3) is 0.400. The summed E-state index contributed by atoms with van der Waals surface area (Å²) < 4.78 is 0. The standard InChI is InChI=1S/C10H12N2O2/c1-6-2-7(3-10(14)12-6)8-4-9(13)11-5-8/h2-3,8H,4-5H2,1H3,(H,11,13)(H,12,14). The van der Waals surface area contributed by atoms with Crippen molar-refractivity contribution in [2.24, 2.45) is 0 Å². The van der Waals surface area contributed by atoms with E-state index in [1.807, 2.05) is 13.0 Å². The van der Waals surface area contributed by atoms with Gasteiger partial charge < -0.3 is 10.3 Å². The summed E-state index contributed by atoms with van der Waals surface area (Å²) in [5, 5.41) is 2.76. The molecule has 14 heavy (non-hydrogen) atoms. The summed E-state index contributed by atoms with van der Waals surface area (Å²) in [7, 11) is 0. The molecule has 1 fully saturated rings. The maximum absolute atomic E-state index is 11.2. The monoisotopic (exact) mass is 192 g/mol. The summed E-state index contributed by atoms with van der Waals surface area (Å²) in [5.74, 6) is 0.219. The number of aromatic amines is 1. The van der Waals surface area contributed by atoms with Crippen molar-refractivity contribution >= 4 is 5.91 Å². The van der Waals surface area contributed by atoms with Crippen LogP contribution in [0.2, 0.25) is 0 Å². The summed E-state index contributed by atoms with van der Waals surface area (Å²) in [6.45, 7) is 2.48. The number of H-pyrrole nitrogens is 1. The number of rotatable bonds is 1. The fourth-order valence-electron chi connectivity index (χ4n) is 1.79. The third-order valence-electron chi connectivity index (χ3n) is 2.45. The number of aromatic nitrogens is 1. The van der Waals surface area contributed by atoms with Gasteiger partial charge in [0.15, 0.2) is 0 Å². The fourth-order valence-corrected chi connectivity index (χ4v) is 1.79. The molecular formula is C10H12N2O2. The molecule has 0 aliphatic carbocycles. The second-order valence-corrected chi connectivity index (χ2v) is 3.67. The first kappa shape index (κ1) is 8.99. The Hall–Kier alpha value is -1.58. The van der Waals surface area contributed by atoms with Gasteiger partial charge in [-0.25, -0.2) is 0 Å². The summed E-state index contributed by atoms with van der Waals surface area (Å²) in [6, 6.07) is 3.49. The van der Waals surface area contributed by atoms with E-state index >= 15 is 0 Å². The predicted octanol–water partition coefficient (Wildman–Crippen LogP) is 0.287. The Morgan fingerprint density at radius 1 is 1.36 bits per heavy atom. The molecule has 1 aliphatic rings. The molecule has 2 rings (SSSR count). The van der Waals surface area contributed by atoms with E-state index in [0.717, 1.165) is 11.3 Å². The van der Waals surface area contributed by atoms with Crippen molar-refractivity contribution in [1.29, 1.82) is 0 Å². The quantitative estimate of drug-likeness (QED) is 0.671. The van der Waals surface area contributed by atoms with Crippen LogP contribution in [0.5, 0.6) is 0 Å². The Kier molecular flexibility index (Phi) is 2.11. The number of aryl methyl sites for hydroxylation is 1. The van der Waals surface area contributed by atoms with Crippen LogP contribution in [0.15, 0.2) is 16.9 Å². The zero-order chi connectivity index (χ0) is 10.1. The highest BCUT2D eigenvalue weighted by Gasteiger charge is 2.23. The van der Waals surface area contributed by atoms with Crippen LogP contribution in [-0.2, 0) is 4.79 Å². The number of pyridine rings is 1. The maximum atomic E-state index is 11.2. The Bertz CT molecular complexity index is 422. The van der Waals surface area contributed by atoms with Crippen molar-refractivity contribution in [2.75, 3.05) is 6.54 Å². The van der Waals surface area contributed by atoms with Crippen molar-refractivity contribution in [1.82, 2.24) is 10.3 Å². The smallest absolute Gasteiger partial charge is 0.248 e. The van der Waals surface area contributed by atoms with E-state index in [1.165, 1.54) is 0 Å². The Balaban J connectivity index is 2.32. The van der Waals surface area contributed by atoms with Crippen LogP contribution in [0.1, 0.15) is 23.6 Å². The van der Waals surface area contributed by atoms with E-state index in [9.17, 15) is 9.59 Å². The lowest BCUT2D eigenvalue weighted by Crippen LogP contribution is -2.14. The molecule has 0 aromatic carbocycles. The number of hydrogen-bond donors (Lipinski definition) is 2. The van der Waals surface area contributed by atoms with Gasteiger partial charge in [-0.1, -0.05) is 0 Å². The Labute approximate surface area is 81.3 Å². The first-order chi connectivity index (χ1) is 6.65. The molecule has 0 saturated carbocycles. The van der Waals surface area contributed by atoms with Crippen LogP contribution in [0.25, 0.3) is 0 Å². The topological polar surface area (TPSA) is 62.0 Å². The average molecular weight is 192 g/mol. The summed E-state index contributed by atoms with van der Waals surface area (Å²) >= 11 is 0. The maximum Gasteiger partial charge on any atom is 0.248 e. The number of carbonyl (C=O) groups is 1. The molecule has 1 saturated heterocycles. The number of carbonyl (C=O) groups excluding carboxylic acids is 1. The zero-order valence-corrected chi connectivity index (χ0v) is 7.96. The highest BCUT2D eigenvalue weighted by atomic mass is 16.2. The van der Waals surface area contributed by atoms with Gasteiger partial charge in [-0.15, -0.1) is 0 Å². The molecule has 1 unspecified atom stereocenters. The van der Waals surface area contributed by atoms with E-state index in [2.05, 4.69) is 10.3 Å². The van der Waals surface area contributed by atoms with Gasteiger partial charge in [0.05, 0.1) is 0 Å². The van der Waals surface area contributed by atoms with E-state index in [-0.39, 0.29) is 17.4 Å². The van der Waals surface area contributed by atoms with Crippen LogP contribution in [0, 0.1) is 6.92 Å². The molecule has 1 aromatic heterocycles. The lowest BCUT2D eigenvalue weighted by Gasteiger charge is -2.07. The van der Waals surface area contributed by atoms with Crippen molar-refractivity contribution in [3.05, 3.63) is 33.7 Å². The minimum Gasteiger partial charge on any atom is -0.355 e. The molecule has 1 aromatic rings. The highest BCUT2D eigenvalue weighted by Crippen LogP contribution is 2.21. The van der Waals surface area contributed by atoms with Gasteiger partial charge in [0.1, 0.15) is 0 Å². The zero-order valence-electron chi connectivity index (χ0n) is 7.96. The van der Waals surface area contributed by atoms with E-state index < -0.39 is 0 Å². The Morgan fingerprint density at radius 3 is 2.71 bits per heavy atom. The van der Waals surface area contributed by atoms with Gasteiger partial charge in [0, 0.05) is 30.6 Å². The highest BCUT2D eigenvalue weighted by molar-refractivity contribution is 5.79. The third kappa shape index (κ3) is 1.69. The molecule has 0 bridgehead atoms. The van der Waals surface area contributed by atoms with Gasteiger partial charge in [-0.05, 0) is 18.6 Å². The first-order valence-corrected chi connectivity index (χ1v) is 4.63. The molecule has 2 heterocycles. The molecule has 1 atom stereocenters. The second kappa shape index (κ2) is 3.29. The summed E-state index contributed by atoms with van der Waals surface area (Å²) in [4.78, 5) is 24.9. The lowest BCUT2D eigenvalue weighted by atomic mass is 9.99. The van der Waals surface area contributed by atoms with E-state index in [1.54, 1.807) is 6.07 Å². The van der Waals surface area contributed by atoms with Gasteiger partial charge in [-0.3, -0.25) is 9.59 Å². The van der Waals surface area contributed by atoms with Crippen molar-refractivity contribution in [3.63, 3.8) is 0 Å². The third-order valence-corrected chi connectivity index (χ3v) is 2.45. The van der Waals surface area contributed by atoms with Gasteiger partial charge in [-0.2, -0.15) is 0 Å². The second-order valence-electron chi connectivity index (χ2n) is 3.67. The Morgan fingerprint density at radius 2 is 2.14 bits per heavy atom. The van der Waals surface area contributed by atoms with Crippen LogP contribution in [-0.4, -0.2) is 17.4 Å². The van der Waals surface area contributed by atoms with Crippen LogP contribution in [0.4, 0.5) is 0 Å². The molecule has 1 amide bonds. The van der Waals surface area contributed by atoms with Crippen molar-refractivity contribution in [2.45, 2.75) is 19.3 Å². The normalized spacial score (nSPS) is 20.9. The molecule has 0 spiro atoms. The average Bonchev–Trinajstić information content (AvgIpc) is 2.50. The number of nitrogens with one attached hydrogen (secondary N) is 2. The molecule has 1 aliphatic heterocycles. The van der Waals surface area contributed by atoms with E-state index in [4.69, 9.17) is 0 Å². The van der Waals surface area contributed by atoms with Crippen LogP contribution in [0.3, 0.4) is 0 Å². The number of amides is 1. The first-order valence-electron chi connectivity index (χ1n) is 4.63. The van der Waals surface area contributed by atoms with Gasteiger partial charge in [0.25, 0.3) is 0 Å². The minimum absolute atomic E-state index is 0.0629. The molecule has 4 nitrogen and oxygen atoms in total. The van der Waals surface area contributed by atoms with Gasteiger partial charge >= 0.3 is 0 Å². The van der Waals surface area contributed by atoms with Crippen LogP contribution >= 0.6 is 0 Å². The summed E-state index contributed by atoms with van der Waals surface area (Å²) in [5.41, 5.74) is 1.69. The predicted molar refractivity (Wildman–Crippen MR) is 52.2 cm³/mol. The molecule has 0 radical (unpaired) electrons. The largest absolute Gasteiger partial charge is 0.355 e. The van der Waals surface area contributed by atoms with Crippen LogP contribution < -0.4 is 10.9 Å². The number of hydrogen-bond acceptors (Lipinski definition) is 2. The SMILES string of the molecule is Cc1cc(C2CNC(=O)C2)cc(=O)[nH]1. The molecular weight excluding hydrogens is 180 g/mol. The van der Waals surface area contributed by atoms with E-state index in [0.29, 0.717) is 13.0 Å². The molecule has 74 valence electrons. The minimum atomic E-state index is -0.0978. The molecule has 4 heteroatoms. The lowest BCUT2D eigenvalue weighted by molar-refractivity contribution is -0.119. The van der Waals surface area contributed by atoms with Gasteiger partial charge in [0.2, 0.25) is 11.5 Å². The van der Waals surface area contributed by atoms with Crippen molar-refractivity contribution < 1.29 is 4.79 Å². The summed E-state index contributed by atoms with van der Waals surface area (Å²) in [6.07, 6.45) is 0.489. The molecule has 2 N–H and O–H groups in total. The van der Waals surface area contributed by atoms with Crippen molar-refractivity contribution in [3.8, 4) is 0 Å².